The van der Waals surface area contributed by atoms with Gasteiger partial charge in [0.25, 0.3) is 0 Å². The number of nitrogens with zero attached hydrogens (tertiary/aromatic N) is 1. The van der Waals surface area contributed by atoms with E-state index in [2.05, 4.69) is 10.3 Å². The molecule has 0 aliphatic carbocycles. The highest BCUT2D eigenvalue weighted by Gasteiger charge is 2.05. The van der Waals surface area contributed by atoms with Crippen molar-refractivity contribution >= 4 is 5.84 Å². The van der Waals surface area contributed by atoms with E-state index in [1.165, 1.54) is 0 Å². The minimum Gasteiger partial charge on any atom is -0.394 e. The first kappa shape index (κ1) is 7.65. The third kappa shape index (κ3) is 1.52. The van der Waals surface area contributed by atoms with Crippen LogP contribution >= 0.6 is 0 Å². The molecular formula is C7H12N4. The van der Waals surface area contributed by atoms with Gasteiger partial charge in [-0.1, -0.05) is 6.08 Å². The Labute approximate surface area is 65.7 Å². The Morgan fingerprint density at radius 2 is 2.27 bits per heavy atom. The van der Waals surface area contributed by atoms with Gasteiger partial charge in [-0.05, 0) is 0 Å². The molecule has 0 spiro atoms. The molecule has 0 aromatic carbocycles. The zero-order valence-electron chi connectivity index (χ0n) is 6.46. The summed E-state index contributed by atoms with van der Waals surface area (Å²) in [5.74, 6) is 0.378. The van der Waals surface area contributed by atoms with Crippen LogP contribution in [-0.2, 0) is 0 Å². The zero-order valence-corrected chi connectivity index (χ0v) is 6.46. The van der Waals surface area contributed by atoms with Gasteiger partial charge < -0.3 is 16.8 Å². The van der Waals surface area contributed by atoms with E-state index in [-0.39, 0.29) is 0 Å². The SMILES string of the molecule is CNC1=C(N)C(N)=NC=CC1. The maximum Gasteiger partial charge on any atom is 0.148 e. The average molecular weight is 152 g/mol. The number of allylic oxidation sites excluding steroid dienone is 1. The molecule has 0 aromatic rings. The molecule has 5 N–H and O–H groups in total. The second-order valence-corrected chi connectivity index (χ2v) is 2.25. The minimum atomic E-state index is 0.378. The quantitative estimate of drug-likeness (QED) is 0.480. The summed E-state index contributed by atoms with van der Waals surface area (Å²) in [6.45, 7) is 0. The Morgan fingerprint density at radius 3 is 2.91 bits per heavy atom. The van der Waals surface area contributed by atoms with Crippen LogP contribution in [0.4, 0.5) is 0 Å². The molecule has 4 nitrogen and oxygen atoms in total. The molecule has 0 radical (unpaired) electrons. The lowest BCUT2D eigenvalue weighted by Crippen LogP contribution is -2.25. The third-order valence-electron chi connectivity index (χ3n) is 1.54. The molecule has 0 unspecified atom stereocenters. The first-order chi connectivity index (χ1) is 5.25. The summed E-state index contributed by atoms with van der Waals surface area (Å²) >= 11 is 0. The van der Waals surface area contributed by atoms with Gasteiger partial charge in [-0.25, -0.2) is 4.99 Å². The number of nitrogens with two attached hydrogens (primary N) is 2. The molecule has 11 heavy (non-hydrogen) atoms. The van der Waals surface area contributed by atoms with Gasteiger partial charge >= 0.3 is 0 Å². The predicted octanol–water partition coefficient (Wildman–Crippen LogP) is -0.349. The topological polar surface area (TPSA) is 76.4 Å². The fourth-order valence-electron chi connectivity index (χ4n) is 0.874. The first-order valence-electron chi connectivity index (χ1n) is 3.40. The standard InChI is InChI=1S/C7H12N4/c1-10-5-3-2-4-11-7(9)6(5)8/h2,4,10H,3,8H2,1H3,(H2,9,11). The number of amidine groups is 1. The Bertz CT molecular complexity index is 237. The normalized spacial score (nSPS) is 17.7. The summed E-state index contributed by atoms with van der Waals surface area (Å²) in [4.78, 5) is 3.89. The van der Waals surface area contributed by atoms with Crippen LogP contribution < -0.4 is 16.8 Å². The molecule has 0 atom stereocenters. The second kappa shape index (κ2) is 3.09. The molecule has 0 amide bonds. The van der Waals surface area contributed by atoms with Gasteiger partial charge in [0.15, 0.2) is 0 Å². The van der Waals surface area contributed by atoms with Gasteiger partial charge in [0, 0.05) is 25.4 Å². The number of hydrogen-bond donors (Lipinski definition) is 3. The molecule has 1 aliphatic heterocycles. The van der Waals surface area contributed by atoms with Crippen LogP contribution in [0.1, 0.15) is 6.42 Å². The van der Waals surface area contributed by atoms with Crippen molar-refractivity contribution in [2.45, 2.75) is 6.42 Å². The zero-order chi connectivity index (χ0) is 8.27. The van der Waals surface area contributed by atoms with Gasteiger partial charge in [-0.15, -0.1) is 0 Å². The number of nitrogens with one attached hydrogen (secondary N) is 1. The first-order valence-corrected chi connectivity index (χ1v) is 3.40. The van der Waals surface area contributed by atoms with Crippen LogP contribution in [0.2, 0.25) is 0 Å². The van der Waals surface area contributed by atoms with Crippen LogP contribution in [0.3, 0.4) is 0 Å². The summed E-state index contributed by atoms with van der Waals surface area (Å²) in [6, 6.07) is 0. The monoisotopic (exact) mass is 152 g/mol. The van der Waals surface area contributed by atoms with Crippen molar-refractivity contribution in [1.82, 2.24) is 5.32 Å². The van der Waals surface area contributed by atoms with E-state index in [4.69, 9.17) is 11.5 Å². The van der Waals surface area contributed by atoms with E-state index in [1.807, 2.05) is 13.1 Å². The van der Waals surface area contributed by atoms with E-state index >= 15 is 0 Å². The van der Waals surface area contributed by atoms with Gasteiger partial charge in [0.2, 0.25) is 0 Å². The summed E-state index contributed by atoms with van der Waals surface area (Å²) in [5.41, 5.74) is 12.6. The van der Waals surface area contributed by atoms with Crippen LogP contribution in [0, 0.1) is 0 Å². The van der Waals surface area contributed by atoms with Crippen molar-refractivity contribution in [2.24, 2.45) is 16.5 Å². The molecular weight excluding hydrogens is 140 g/mol. The number of hydrogen-bond acceptors (Lipinski definition) is 4. The molecule has 0 aromatic heterocycles. The minimum absolute atomic E-state index is 0.378. The number of rotatable bonds is 1. The third-order valence-corrected chi connectivity index (χ3v) is 1.54. The van der Waals surface area contributed by atoms with E-state index in [0.717, 1.165) is 12.1 Å². The average Bonchev–Trinajstić information content (AvgIpc) is 2.16. The van der Waals surface area contributed by atoms with E-state index < -0.39 is 0 Å². The highest BCUT2D eigenvalue weighted by molar-refractivity contribution is 5.97. The molecule has 0 fully saturated rings. The summed E-state index contributed by atoms with van der Waals surface area (Å²) in [7, 11) is 1.81. The van der Waals surface area contributed by atoms with Gasteiger partial charge in [-0.3, -0.25) is 0 Å². The molecule has 4 heteroatoms. The molecule has 1 heterocycles. The smallest absolute Gasteiger partial charge is 0.148 e. The van der Waals surface area contributed by atoms with Crippen molar-refractivity contribution in [3.05, 3.63) is 23.7 Å². The van der Waals surface area contributed by atoms with Gasteiger partial charge in [0.05, 0.1) is 5.70 Å². The van der Waals surface area contributed by atoms with E-state index in [0.29, 0.717) is 11.5 Å². The molecule has 0 saturated heterocycles. The van der Waals surface area contributed by atoms with Gasteiger partial charge in [0.1, 0.15) is 5.84 Å². The van der Waals surface area contributed by atoms with Crippen molar-refractivity contribution in [2.75, 3.05) is 7.05 Å². The van der Waals surface area contributed by atoms with Crippen molar-refractivity contribution in [3.8, 4) is 0 Å². The highest BCUT2D eigenvalue weighted by Crippen LogP contribution is 2.05. The predicted molar refractivity (Wildman–Crippen MR) is 45.7 cm³/mol. The lowest BCUT2D eigenvalue weighted by atomic mass is 10.2. The molecule has 1 rings (SSSR count). The lowest BCUT2D eigenvalue weighted by molar-refractivity contribution is 0.921. The molecule has 1 aliphatic rings. The van der Waals surface area contributed by atoms with Crippen molar-refractivity contribution in [1.29, 1.82) is 0 Å². The van der Waals surface area contributed by atoms with Crippen LogP contribution in [0.15, 0.2) is 28.7 Å². The summed E-state index contributed by atoms with van der Waals surface area (Å²) in [6.07, 6.45) is 4.32. The largest absolute Gasteiger partial charge is 0.394 e. The Balaban J connectivity index is 2.97. The Morgan fingerprint density at radius 1 is 1.55 bits per heavy atom. The summed E-state index contributed by atoms with van der Waals surface area (Å²) in [5, 5.41) is 2.97. The fraction of sp³-hybridized carbons (Fsp3) is 0.286. The van der Waals surface area contributed by atoms with Gasteiger partial charge in [-0.2, -0.15) is 0 Å². The van der Waals surface area contributed by atoms with Crippen LogP contribution in [0.25, 0.3) is 0 Å². The Kier molecular flexibility index (Phi) is 2.15. The summed E-state index contributed by atoms with van der Waals surface area (Å²) < 4.78 is 0. The van der Waals surface area contributed by atoms with E-state index in [1.54, 1.807) is 6.20 Å². The second-order valence-electron chi connectivity index (χ2n) is 2.25. The van der Waals surface area contributed by atoms with Crippen LogP contribution in [0.5, 0.6) is 0 Å². The fourth-order valence-corrected chi connectivity index (χ4v) is 0.874. The number of aliphatic imine (C=N–C) groups is 1. The molecule has 0 bridgehead atoms. The van der Waals surface area contributed by atoms with Crippen molar-refractivity contribution < 1.29 is 0 Å². The van der Waals surface area contributed by atoms with Crippen molar-refractivity contribution in [3.63, 3.8) is 0 Å². The molecule has 0 saturated carbocycles. The van der Waals surface area contributed by atoms with Crippen LogP contribution in [-0.4, -0.2) is 12.9 Å². The Hall–Kier alpha value is -1.45. The van der Waals surface area contributed by atoms with E-state index in [9.17, 15) is 0 Å². The highest BCUT2D eigenvalue weighted by atomic mass is 14.9. The lowest BCUT2D eigenvalue weighted by Gasteiger charge is -2.06. The maximum absolute atomic E-state index is 5.65. The molecule has 60 valence electrons. The maximum atomic E-state index is 5.65.